The fourth-order valence-electron chi connectivity index (χ4n) is 6.63. The van der Waals surface area contributed by atoms with Gasteiger partial charge in [-0.25, -0.2) is 9.78 Å². The van der Waals surface area contributed by atoms with Gasteiger partial charge in [-0.3, -0.25) is 9.58 Å². The molecule has 2 atom stereocenters. The number of aryl methyl sites for hydroxylation is 1. The van der Waals surface area contributed by atoms with Crippen LogP contribution in [0.2, 0.25) is 5.02 Å². The molecule has 1 amide bonds. The third kappa shape index (κ3) is 3.89. The Bertz CT molecular complexity index is 1280. The van der Waals surface area contributed by atoms with E-state index in [4.69, 9.17) is 21.3 Å². The summed E-state index contributed by atoms with van der Waals surface area (Å²) >= 11 is 6.14. The maximum absolute atomic E-state index is 12.7. The summed E-state index contributed by atoms with van der Waals surface area (Å²) in [5.41, 5.74) is 4.79. The van der Waals surface area contributed by atoms with Gasteiger partial charge in [0, 0.05) is 42.9 Å². The third-order valence-corrected chi connectivity index (χ3v) is 8.93. The zero-order valence-corrected chi connectivity index (χ0v) is 22.1. The number of amides is 1. The summed E-state index contributed by atoms with van der Waals surface area (Å²) in [4.78, 5) is 19.8. The van der Waals surface area contributed by atoms with E-state index in [1.807, 2.05) is 10.9 Å². The molecular weight excluding hydrogens is 476 g/mol. The largest absolute Gasteiger partial charge is 0.452 e. The molecule has 192 valence electrons. The molecule has 6 rings (SSSR count). The number of benzene rings is 1. The number of aromatic nitrogens is 4. The molecule has 36 heavy (non-hydrogen) atoms. The molecular formula is C27H35ClN6O2. The second kappa shape index (κ2) is 9.06. The molecule has 0 bridgehead atoms. The number of ether oxygens (including phenoxy) is 1. The highest BCUT2D eigenvalue weighted by atomic mass is 35.5. The van der Waals surface area contributed by atoms with Crippen LogP contribution >= 0.6 is 11.6 Å². The molecule has 1 aromatic carbocycles. The fourth-order valence-corrected chi connectivity index (χ4v) is 6.79. The number of fused-ring (bicyclic) bond motifs is 3. The van der Waals surface area contributed by atoms with Crippen LogP contribution in [0.4, 0.5) is 10.5 Å². The van der Waals surface area contributed by atoms with E-state index in [-0.39, 0.29) is 18.1 Å². The number of carbonyl (C=O) groups is 1. The van der Waals surface area contributed by atoms with Crippen LogP contribution in [0.5, 0.6) is 0 Å². The minimum atomic E-state index is -0.307. The van der Waals surface area contributed by atoms with Gasteiger partial charge in [0.25, 0.3) is 0 Å². The highest BCUT2D eigenvalue weighted by Crippen LogP contribution is 2.46. The normalized spacial score (nSPS) is 22.4. The molecule has 2 aliphatic heterocycles. The predicted molar refractivity (Wildman–Crippen MR) is 141 cm³/mol. The summed E-state index contributed by atoms with van der Waals surface area (Å²) in [6, 6.07) is 4.80. The summed E-state index contributed by atoms with van der Waals surface area (Å²) in [5, 5.41) is 8.55. The smallest absolute Gasteiger partial charge is 0.414 e. The molecule has 3 aromatic rings. The van der Waals surface area contributed by atoms with Crippen LogP contribution < -0.4 is 10.2 Å². The van der Waals surface area contributed by atoms with E-state index in [1.165, 1.54) is 38.3 Å². The SMILES string of the molecule is COC(=O)N1c2ccc3c(nc([C@@H](C)Cn4cc(Cl)cn4)n3C3CCC4(CC3)CNC4)c2CC[C@@H]1C. The molecule has 2 aromatic heterocycles. The summed E-state index contributed by atoms with van der Waals surface area (Å²) in [5.74, 6) is 1.26. The van der Waals surface area contributed by atoms with Gasteiger partial charge >= 0.3 is 6.09 Å². The first-order valence-electron chi connectivity index (χ1n) is 13.2. The van der Waals surface area contributed by atoms with E-state index in [9.17, 15) is 4.79 Å². The monoisotopic (exact) mass is 510 g/mol. The maximum Gasteiger partial charge on any atom is 0.414 e. The maximum atomic E-state index is 12.7. The van der Waals surface area contributed by atoms with Gasteiger partial charge < -0.3 is 14.6 Å². The van der Waals surface area contributed by atoms with Crippen molar-refractivity contribution in [1.29, 1.82) is 0 Å². The van der Waals surface area contributed by atoms with E-state index >= 15 is 0 Å². The zero-order chi connectivity index (χ0) is 25.0. The van der Waals surface area contributed by atoms with E-state index < -0.39 is 0 Å². The number of nitrogens with one attached hydrogen (secondary N) is 1. The Morgan fingerprint density at radius 3 is 2.69 bits per heavy atom. The molecule has 2 fully saturated rings. The number of imidazole rings is 1. The summed E-state index contributed by atoms with van der Waals surface area (Å²) in [6.07, 6.45) is 9.89. The predicted octanol–water partition coefficient (Wildman–Crippen LogP) is 5.30. The molecule has 1 N–H and O–H groups in total. The van der Waals surface area contributed by atoms with E-state index in [0.717, 1.165) is 48.5 Å². The van der Waals surface area contributed by atoms with Crippen molar-refractivity contribution in [2.45, 2.75) is 76.9 Å². The highest BCUT2D eigenvalue weighted by molar-refractivity contribution is 6.30. The third-order valence-electron chi connectivity index (χ3n) is 8.74. The number of hydrogen-bond acceptors (Lipinski definition) is 5. The second-order valence-electron chi connectivity index (χ2n) is 11.1. The minimum absolute atomic E-state index is 0.0954. The quantitative estimate of drug-likeness (QED) is 0.515. The average molecular weight is 511 g/mol. The van der Waals surface area contributed by atoms with E-state index in [1.54, 1.807) is 11.1 Å². The Balaban J connectivity index is 1.43. The van der Waals surface area contributed by atoms with Crippen LogP contribution in [0, 0.1) is 5.41 Å². The van der Waals surface area contributed by atoms with Crippen molar-refractivity contribution >= 4 is 34.4 Å². The van der Waals surface area contributed by atoms with Gasteiger partial charge in [0.2, 0.25) is 0 Å². The van der Waals surface area contributed by atoms with Crippen molar-refractivity contribution < 1.29 is 9.53 Å². The molecule has 1 saturated carbocycles. The van der Waals surface area contributed by atoms with Crippen molar-refractivity contribution in [3.8, 4) is 0 Å². The lowest BCUT2D eigenvalue weighted by Gasteiger charge is -2.48. The average Bonchev–Trinajstić information content (AvgIpc) is 3.45. The highest BCUT2D eigenvalue weighted by Gasteiger charge is 2.41. The Morgan fingerprint density at radius 2 is 2.06 bits per heavy atom. The second-order valence-corrected chi connectivity index (χ2v) is 11.6. The Kier molecular flexibility index (Phi) is 5.99. The Hall–Kier alpha value is -2.58. The molecule has 1 aliphatic carbocycles. The van der Waals surface area contributed by atoms with Crippen LogP contribution in [0.15, 0.2) is 24.5 Å². The van der Waals surface area contributed by atoms with Crippen LogP contribution in [0.25, 0.3) is 11.0 Å². The minimum Gasteiger partial charge on any atom is -0.452 e. The molecule has 1 saturated heterocycles. The van der Waals surface area contributed by atoms with Crippen molar-refractivity contribution in [2.24, 2.45) is 5.41 Å². The lowest BCUT2D eigenvalue weighted by molar-refractivity contribution is 0.0841. The van der Waals surface area contributed by atoms with Crippen LogP contribution in [-0.2, 0) is 17.7 Å². The molecule has 4 heterocycles. The van der Waals surface area contributed by atoms with Crippen LogP contribution in [-0.4, -0.2) is 51.7 Å². The number of carbonyl (C=O) groups excluding carboxylic acids is 1. The lowest BCUT2D eigenvalue weighted by Crippen LogP contribution is -2.54. The first kappa shape index (κ1) is 23.8. The van der Waals surface area contributed by atoms with Gasteiger partial charge in [-0.05, 0) is 63.0 Å². The molecule has 8 nitrogen and oxygen atoms in total. The van der Waals surface area contributed by atoms with Crippen molar-refractivity contribution in [3.05, 3.63) is 40.9 Å². The summed E-state index contributed by atoms with van der Waals surface area (Å²) in [6.45, 7) is 7.33. The van der Waals surface area contributed by atoms with Crippen LogP contribution in [0.3, 0.4) is 0 Å². The number of methoxy groups -OCH3 is 1. The Morgan fingerprint density at radius 1 is 1.28 bits per heavy atom. The van der Waals surface area contributed by atoms with Gasteiger partial charge in [-0.2, -0.15) is 5.10 Å². The van der Waals surface area contributed by atoms with Crippen molar-refractivity contribution in [2.75, 3.05) is 25.1 Å². The van der Waals surface area contributed by atoms with E-state index in [0.29, 0.717) is 23.0 Å². The van der Waals surface area contributed by atoms with Gasteiger partial charge in [0.05, 0.1) is 41.6 Å². The Labute approximate surface area is 216 Å². The van der Waals surface area contributed by atoms with Crippen molar-refractivity contribution in [1.82, 2.24) is 24.6 Å². The molecule has 0 unspecified atom stereocenters. The number of rotatable bonds is 4. The molecule has 3 aliphatic rings. The number of nitrogens with zero attached hydrogens (tertiary/aromatic N) is 5. The van der Waals surface area contributed by atoms with E-state index in [2.05, 4.69) is 41.0 Å². The number of halogens is 1. The first-order valence-corrected chi connectivity index (χ1v) is 13.6. The lowest BCUT2D eigenvalue weighted by atomic mass is 9.68. The van der Waals surface area contributed by atoms with Crippen molar-refractivity contribution in [3.63, 3.8) is 0 Å². The van der Waals surface area contributed by atoms with Gasteiger partial charge in [-0.15, -0.1) is 0 Å². The topological polar surface area (TPSA) is 77.2 Å². The standard InChI is InChI=1S/C27H35ClN6O2/c1-17(13-32-14-19(28)12-30-32)25-31-24-21-5-4-18(2)33(26(35)36-3)22(21)6-7-23(24)34(25)20-8-10-27(11-9-20)15-29-16-27/h6-7,12,14,17-18,20,29H,4-5,8-11,13,15-16H2,1-3H3/t17-,18-/m0/s1. The molecule has 9 heteroatoms. The van der Waals surface area contributed by atoms with Gasteiger partial charge in [0.15, 0.2) is 0 Å². The molecule has 0 radical (unpaired) electrons. The number of anilines is 1. The first-order chi connectivity index (χ1) is 17.4. The van der Waals surface area contributed by atoms with Crippen LogP contribution in [0.1, 0.15) is 69.3 Å². The van der Waals surface area contributed by atoms with Gasteiger partial charge in [0.1, 0.15) is 5.82 Å². The number of hydrogen-bond donors (Lipinski definition) is 1. The van der Waals surface area contributed by atoms with Gasteiger partial charge in [-0.1, -0.05) is 18.5 Å². The molecule has 1 spiro atoms. The zero-order valence-electron chi connectivity index (χ0n) is 21.3. The summed E-state index contributed by atoms with van der Waals surface area (Å²) in [7, 11) is 1.45. The fraction of sp³-hybridized carbons (Fsp3) is 0.593. The summed E-state index contributed by atoms with van der Waals surface area (Å²) < 4.78 is 9.56.